The molecular formula is C13H14F3NO4. The molecule has 116 valence electrons. The lowest BCUT2D eigenvalue weighted by atomic mass is 9.91. The highest BCUT2D eigenvalue weighted by Gasteiger charge is 2.62. The molecule has 1 rings (SSSR count). The summed E-state index contributed by atoms with van der Waals surface area (Å²) in [7, 11) is 0.742. The molecule has 0 saturated carbocycles. The Hall–Kier alpha value is -2.09. The van der Waals surface area contributed by atoms with Gasteiger partial charge in [0.15, 0.2) is 0 Å². The Kier molecular flexibility index (Phi) is 4.95. The molecule has 0 aliphatic rings. The van der Waals surface area contributed by atoms with Crippen molar-refractivity contribution in [2.24, 2.45) is 0 Å². The topological polar surface area (TPSA) is 75.6 Å². The lowest BCUT2D eigenvalue weighted by molar-refractivity contribution is -0.266. The number of halogens is 3. The first-order valence-electron chi connectivity index (χ1n) is 5.88. The second-order valence-electron chi connectivity index (χ2n) is 4.28. The standard InChI is InChI=1S/C13H14F3NO4/c1-8(10(18)19)17-11(20)12(21-2,13(14,15)16)9-6-4-3-5-7-9/h3-8H,1-2H3,(H,17,20)(H,18,19). The number of nitrogens with one attached hydrogen (secondary N) is 1. The smallest absolute Gasteiger partial charge is 0.430 e. The van der Waals surface area contributed by atoms with E-state index in [1.165, 1.54) is 18.2 Å². The van der Waals surface area contributed by atoms with Crippen LogP contribution in [0.2, 0.25) is 0 Å². The van der Waals surface area contributed by atoms with E-state index in [9.17, 15) is 22.8 Å². The van der Waals surface area contributed by atoms with Gasteiger partial charge in [0.1, 0.15) is 6.04 Å². The van der Waals surface area contributed by atoms with Crippen molar-refractivity contribution in [1.29, 1.82) is 0 Å². The average Bonchev–Trinajstić information content (AvgIpc) is 2.39. The maximum Gasteiger partial charge on any atom is 0.430 e. The molecule has 1 amide bonds. The lowest BCUT2D eigenvalue weighted by Crippen LogP contribution is -2.58. The summed E-state index contributed by atoms with van der Waals surface area (Å²) in [6.07, 6.45) is -5.06. The minimum atomic E-state index is -5.06. The van der Waals surface area contributed by atoms with Gasteiger partial charge in [-0.2, -0.15) is 13.2 Å². The Labute approximate surface area is 118 Å². The zero-order valence-corrected chi connectivity index (χ0v) is 11.3. The van der Waals surface area contributed by atoms with Crippen LogP contribution in [-0.2, 0) is 19.9 Å². The molecular weight excluding hydrogens is 291 g/mol. The van der Waals surface area contributed by atoms with Crippen LogP contribution in [0.15, 0.2) is 30.3 Å². The van der Waals surface area contributed by atoms with Crippen LogP contribution in [0.3, 0.4) is 0 Å². The van der Waals surface area contributed by atoms with Crippen LogP contribution in [-0.4, -0.2) is 36.3 Å². The van der Waals surface area contributed by atoms with Gasteiger partial charge in [-0.05, 0) is 6.92 Å². The Balaban J connectivity index is 3.33. The second-order valence-corrected chi connectivity index (χ2v) is 4.28. The summed E-state index contributed by atoms with van der Waals surface area (Å²) in [5.74, 6) is -3.04. The second kappa shape index (κ2) is 6.13. The quantitative estimate of drug-likeness (QED) is 0.868. The summed E-state index contributed by atoms with van der Waals surface area (Å²) in [4.78, 5) is 22.7. The molecule has 21 heavy (non-hydrogen) atoms. The zero-order valence-electron chi connectivity index (χ0n) is 11.3. The van der Waals surface area contributed by atoms with E-state index in [-0.39, 0.29) is 0 Å². The monoisotopic (exact) mass is 305 g/mol. The summed E-state index contributed by atoms with van der Waals surface area (Å²) in [6.45, 7) is 1.06. The number of carbonyl (C=O) groups excluding carboxylic acids is 1. The minimum Gasteiger partial charge on any atom is -0.480 e. The molecule has 1 aromatic carbocycles. The summed E-state index contributed by atoms with van der Waals surface area (Å²) in [6, 6.07) is 4.81. The first-order chi connectivity index (χ1) is 9.66. The lowest BCUT2D eigenvalue weighted by Gasteiger charge is -2.33. The van der Waals surface area contributed by atoms with Gasteiger partial charge in [0.25, 0.3) is 11.5 Å². The molecule has 0 aliphatic carbocycles. The first kappa shape index (κ1) is 17.0. The van der Waals surface area contributed by atoms with Gasteiger partial charge in [-0.3, -0.25) is 9.59 Å². The van der Waals surface area contributed by atoms with Crippen LogP contribution >= 0.6 is 0 Å². The molecule has 0 aromatic heterocycles. The van der Waals surface area contributed by atoms with Crippen molar-refractivity contribution in [3.63, 3.8) is 0 Å². The Morgan fingerprint density at radius 1 is 1.24 bits per heavy atom. The normalized spacial score (nSPS) is 15.9. The van der Waals surface area contributed by atoms with E-state index in [0.29, 0.717) is 0 Å². The number of carboxylic acid groups (broad SMARTS) is 1. The van der Waals surface area contributed by atoms with Gasteiger partial charge in [0.2, 0.25) is 0 Å². The largest absolute Gasteiger partial charge is 0.480 e. The summed E-state index contributed by atoms with van der Waals surface area (Å²) >= 11 is 0. The zero-order chi connectivity index (χ0) is 16.3. The van der Waals surface area contributed by atoms with E-state index in [0.717, 1.165) is 26.2 Å². The molecule has 2 N–H and O–H groups in total. The van der Waals surface area contributed by atoms with Crippen LogP contribution in [0.4, 0.5) is 13.2 Å². The fourth-order valence-electron chi connectivity index (χ4n) is 1.78. The van der Waals surface area contributed by atoms with Crippen molar-refractivity contribution in [2.75, 3.05) is 7.11 Å². The fraction of sp³-hybridized carbons (Fsp3) is 0.385. The number of carbonyl (C=O) groups is 2. The molecule has 0 bridgehead atoms. The summed E-state index contributed by atoms with van der Waals surface area (Å²) in [5.41, 5.74) is -3.70. The number of rotatable bonds is 5. The van der Waals surface area contributed by atoms with Crippen molar-refractivity contribution in [3.05, 3.63) is 35.9 Å². The first-order valence-corrected chi connectivity index (χ1v) is 5.88. The predicted molar refractivity (Wildman–Crippen MR) is 66.4 cm³/mol. The molecule has 0 radical (unpaired) electrons. The van der Waals surface area contributed by atoms with Gasteiger partial charge in [-0.25, -0.2) is 0 Å². The number of benzene rings is 1. The molecule has 0 saturated heterocycles. The van der Waals surface area contributed by atoms with Crippen LogP contribution in [0.25, 0.3) is 0 Å². The maximum absolute atomic E-state index is 13.4. The molecule has 2 atom stereocenters. The minimum absolute atomic E-state index is 0.435. The van der Waals surface area contributed by atoms with Crippen molar-refractivity contribution < 1.29 is 32.6 Å². The number of alkyl halides is 3. The molecule has 2 unspecified atom stereocenters. The van der Waals surface area contributed by atoms with Crippen molar-refractivity contribution in [1.82, 2.24) is 5.32 Å². The third-order valence-electron chi connectivity index (χ3n) is 2.92. The number of hydrogen-bond donors (Lipinski definition) is 2. The van der Waals surface area contributed by atoms with Crippen LogP contribution in [0, 0.1) is 0 Å². The third-order valence-corrected chi connectivity index (χ3v) is 2.92. The number of aliphatic carboxylic acids is 1. The molecule has 0 fully saturated rings. The number of amides is 1. The van der Waals surface area contributed by atoms with Gasteiger partial charge in [-0.15, -0.1) is 0 Å². The highest BCUT2D eigenvalue weighted by molar-refractivity contribution is 5.91. The molecule has 8 heteroatoms. The molecule has 0 aliphatic heterocycles. The number of hydrogen-bond acceptors (Lipinski definition) is 3. The summed E-state index contributed by atoms with van der Waals surface area (Å²) in [5, 5.41) is 10.5. The van der Waals surface area contributed by atoms with Gasteiger partial charge < -0.3 is 15.2 Å². The highest BCUT2D eigenvalue weighted by Crippen LogP contribution is 2.42. The maximum atomic E-state index is 13.4. The van der Waals surface area contributed by atoms with Crippen LogP contribution in [0.5, 0.6) is 0 Å². The van der Waals surface area contributed by atoms with E-state index < -0.39 is 35.3 Å². The van der Waals surface area contributed by atoms with Crippen molar-refractivity contribution >= 4 is 11.9 Å². The fourth-order valence-corrected chi connectivity index (χ4v) is 1.78. The van der Waals surface area contributed by atoms with E-state index in [4.69, 9.17) is 5.11 Å². The van der Waals surface area contributed by atoms with Gasteiger partial charge in [0.05, 0.1) is 0 Å². The van der Waals surface area contributed by atoms with Gasteiger partial charge >= 0.3 is 12.1 Å². The molecule has 0 heterocycles. The van der Waals surface area contributed by atoms with Crippen LogP contribution < -0.4 is 5.32 Å². The van der Waals surface area contributed by atoms with Gasteiger partial charge in [0, 0.05) is 12.7 Å². The Morgan fingerprint density at radius 2 is 1.76 bits per heavy atom. The van der Waals surface area contributed by atoms with E-state index in [1.807, 2.05) is 0 Å². The van der Waals surface area contributed by atoms with E-state index >= 15 is 0 Å². The van der Waals surface area contributed by atoms with Crippen molar-refractivity contribution in [2.45, 2.75) is 24.7 Å². The van der Waals surface area contributed by atoms with E-state index in [2.05, 4.69) is 4.74 Å². The number of methoxy groups -OCH3 is 1. The Morgan fingerprint density at radius 3 is 2.14 bits per heavy atom. The predicted octanol–water partition coefficient (Wildman–Crippen LogP) is 1.68. The average molecular weight is 305 g/mol. The number of ether oxygens (including phenoxy) is 1. The molecule has 0 spiro atoms. The van der Waals surface area contributed by atoms with Crippen LogP contribution in [0.1, 0.15) is 12.5 Å². The summed E-state index contributed by atoms with van der Waals surface area (Å²) < 4.78 is 44.8. The highest BCUT2D eigenvalue weighted by atomic mass is 19.4. The number of carboxylic acids is 1. The van der Waals surface area contributed by atoms with E-state index in [1.54, 1.807) is 5.32 Å². The SMILES string of the molecule is COC(C(=O)NC(C)C(=O)O)(c1ccccc1)C(F)(F)F. The molecule has 1 aromatic rings. The van der Waals surface area contributed by atoms with Crippen molar-refractivity contribution in [3.8, 4) is 0 Å². The third kappa shape index (κ3) is 3.15. The Bertz CT molecular complexity index is 518. The van der Waals surface area contributed by atoms with Gasteiger partial charge in [-0.1, -0.05) is 30.3 Å². The molecule has 5 nitrogen and oxygen atoms in total.